The summed E-state index contributed by atoms with van der Waals surface area (Å²) in [7, 11) is 8.92. The number of likely N-dealkylation sites (N-methyl/N-ethyl adjacent to an activating group) is 1. The number of benzene rings is 1. The maximum atomic E-state index is 12.7. The summed E-state index contributed by atoms with van der Waals surface area (Å²) in [6.07, 6.45) is 1.62. The van der Waals surface area contributed by atoms with E-state index in [1.54, 1.807) is 0 Å². The monoisotopic (exact) mass is 891 g/mol. The molecule has 1 aliphatic heterocycles. The van der Waals surface area contributed by atoms with Crippen LogP contribution in [-0.2, 0) is 32.2 Å². The third-order valence-electron chi connectivity index (χ3n) is 6.15. The molecule has 2 rings (SSSR count). The standard InChI is InChI=1S/C23H37N3O4S2.2Tl/c1-24-9-11-25(20(7-13-31)22(27)29-2)16-18-5-4-6-19(15-18)17-26(12-10-24)21(8-14-32)23(28)30-3;;/h4-6,15,20-21,31-32H,7-14,16-17H2,1-3H3;;/q;2*+1/p-2. The third-order valence-corrected chi connectivity index (χ3v) is 12.6. The van der Waals surface area contributed by atoms with Crippen LogP contribution >= 0.6 is 16.6 Å². The molecule has 7 nitrogen and oxygen atoms in total. The van der Waals surface area contributed by atoms with E-state index in [9.17, 15) is 9.59 Å². The van der Waals surface area contributed by atoms with Crippen molar-refractivity contribution in [3.8, 4) is 0 Å². The van der Waals surface area contributed by atoms with Gasteiger partial charge < -0.3 is 0 Å². The van der Waals surface area contributed by atoms with Crippen LogP contribution in [0.15, 0.2) is 24.3 Å². The molecule has 1 aliphatic rings. The van der Waals surface area contributed by atoms with Crippen LogP contribution in [0.3, 0.4) is 0 Å². The quantitative estimate of drug-likeness (QED) is 0.259. The molecule has 0 amide bonds. The molecule has 2 unspecified atom stereocenters. The van der Waals surface area contributed by atoms with Crippen molar-refractivity contribution in [3.05, 3.63) is 35.4 Å². The van der Waals surface area contributed by atoms with Crippen LogP contribution in [0.2, 0.25) is 0 Å². The fraction of sp³-hybridized carbons (Fsp3) is 0.652. The van der Waals surface area contributed by atoms with Crippen LogP contribution in [-0.4, -0.2) is 146 Å². The Labute approximate surface area is 241 Å². The molecule has 0 aliphatic carbocycles. The van der Waals surface area contributed by atoms with E-state index in [1.807, 2.05) is 16.6 Å². The zero-order chi connectivity index (χ0) is 24.9. The van der Waals surface area contributed by atoms with Crippen LogP contribution in [0.4, 0.5) is 0 Å². The number of carbonyl (C=O) groups is 2. The molecule has 34 heavy (non-hydrogen) atoms. The van der Waals surface area contributed by atoms with Crippen LogP contribution in [0, 0.1) is 0 Å². The molecule has 0 spiro atoms. The first kappa shape index (κ1) is 30.8. The van der Waals surface area contributed by atoms with Gasteiger partial charge in [0, 0.05) is 0 Å². The summed E-state index contributed by atoms with van der Waals surface area (Å²) in [5, 5.41) is 0. The number of rotatable bonds is 10. The number of hydrogen-bond acceptors (Lipinski definition) is 9. The first-order chi connectivity index (χ1) is 16.4. The van der Waals surface area contributed by atoms with Gasteiger partial charge >= 0.3 is 243 Å². The summed E-state index contributed by atoms with van der Waals surface area (Å²) in [6.45, 7) is 4.66. The van der Waals surface area contributed by atoms with Crippen LogP contribution in [0.25, 0.3) is 0 Å². The van der Waals surface area contributed by atoms with E-state index in [0.717, 1.165) is 99.1 Å². The van der Waals surface area contributed by atoms with Crippen molar-refractivity contribution in [2.45, 2.75) is 38.0 Å². The molecule has 1 aromatic carbocycles. The van der Waals surface area contributed by atoms with Gasteiger partial charge in [0.15, 0.2) is 0 Å². The van der Waals surface area contributed by atoms with E-state index in [2.05, 4.69) is 46.0 Å². The molecule has 1 aromatic rings. The molecule has 0 saturated carbocycles. The Bertz CT molecular complexity index is 720. The molecule has 0 aromatic heterocycles. The molecule has 0 saturated heterocycles. The normalized spacial score (nSPS) is 18.3. The number of methoxy groups -OCH3 is 2. The van der Waals surface area contributed by atoms with Crippen molar-refractivity contribution in [1.29, 1.82) is 0 Å². The molecular weight excluding hydrogens is 855 g/mol. The first-order valence-electron chi connectivity index (χ1n) is 11.5. The van der Waals surface area contributed by atoms with Crippen molar-refractivity contribution < 1.29 is 19.1 Å². The molecule has 2 bridgehead atoms. The summed E-state index contributed by atoms with van der Waals surface area (Å²) in [5.41, 5.74) is 2.36. The van der Waals surface area contributed by atoms with Crippen LogP contribution < -0.4 is 0 Å². The molecule has 1 heterocycles. The molecule has 0 radical (unpaired) electrons. The summed E-state index contributed by atoms with van der Waals surface area (Å²) in [4.78, 5) is 32.2. The zero-order valence-electron chi connectivity index (χ0n) is 20.5. The SMILES string of the molecule is COC(=O)C(CC[S][Tl])N1CCN(C)CCN(C(CC[S][Tl])C(=O)OC)Cc2cccc(c2)C1. The summed E-state index contributed by atoms with van der Waals surface area (Å²) in [6, 6.07) is 8.11. The fourth-order valence-corrected chi connectivity index (χ4v) is 8.12. The average molecular weight is 890 g/mol. The van der Waals surface area contributed by atoms with Gasteiger partial charge in [-0.1, -0.05) is 0 Å². The van der Waals surface area contributed by atoms with Gasteiger partial charge in [-0.3, -0.25) is 0 Å². The van der Waals surface area contributed by atoms with Crippen molar-refractivity contribution in [2.24, 2.45) is 0 Å². The van der Waals surface area contributed by atoms with Crippen molar-refractivity contribution >= 4 is 77.1 Å². The minimum atomic E-state index is -0.229. The molecule has 184 valence electrons. The van der Waals surface area contributed by atoms with Gasteiger partial charge in [-0.25, -0.2) is 0 Å². The van der Waals surface area contributed by atoms with Gasteiger partial charge in [-0.05, 0) is 0 Å². The summed E-state index contributed by atoms with van der Waals surface area (Å²) >= 11 is 1.74. The number of ether oxygens (including phenoxy) is 2. The Morgan fingerprint density at radius 1 is 0.882 bits per heavy atom. The second kappa shape index (κ2) is 17.2. The predicted octanol–water partition coefficient (Wildman–Crippen LogP) is 1.73. The van der Waals surface area contributed by atoms with E-state index >= 15 is 0 Å². The van der Waals surface area contributed by atoms with E-state index in [0.29, 0.717) is 13.1 Å². The van der Waals surface area contributed by atoms with E-state index in [1.165, 1.54) is 25.3 Å². The third kappa shape index (κ3) is 10.2. The number of nitrogens with zero attached hydrogens (tertiary/aromatic N) is 3. The Morgan fingerprint density at radius 2 is 1.32 bits per heavy atom. The zero-order valence-corrected chi connectivity index (χ0v) is 31.1. The molecular formula is C23H35N3O4S2Tl2. The second-order valence-electron chi connectivity index (χ2n) is 8.46. The number of esters is 2. The van der Waals surface area contributed by atoms with Crippen molar-refractivity contribution in [2.75, 3.05) is 59.0 Å². The summed E-state index contributed by atoms with van der Waals surface area (Å²) < 4.78 is 10.4. The van der Waals surface area contributed by atoms with Crippen molar-refractivity contribution in [1.82, 2.24) is 14.7 Å². The maximum absolute atomic E-state index is 12.7. The Balaban J connectivity index is 2.33. The van der Waals surface area contributed by atoms with Gasteiger partial charge in [-0.2, -0.15) is 0 Å². The number of fused-ring (bicyclic) bond motifs is 2. The number of carbonyl (C=O) groups excluding carboxylic acids is 2. The van der Waals surface area contributed by atoms with E-state index in [4.69, 9.17) is 9.47 Å². The number of hydrogen-bond donors (Lipinski definition) is 0. The predicted molar refractivity (Wildman–Crippen MR) is 142 cm³/mol. The molecule has 2 atom stereocenters. The van der Waals surface area contributed by atoms with Gasteiger partial charge in [0.1, 0.15) is 0 Å². The van der Waals surface area contributed by atoms with Gasteiger partial charge in [0.05, 0.1) is 0 Å². The van der Waals surface area contributed by atoms with Gasteiger partial charge in [-0.15, -0.1) is 0 Å². The Morgan fingerprint density at radius 3 is 1.71 bits per heavy atom. The van der Waals surface area contributed by atoms with Gasteiger partial charge in [0.2, 0.25) is 0 Å². The molecule has 11 heteroatoms. The Kier molecular flexibility index (Phi) is 15.5. The second-order valence-corrected chi connectivity index (χ2v) is 17.7. The van der Waals surface area contributed by atoms with E-state index in [-0.39, 0.29) is 24.0 Å². The fourth-order valence-electron chi connectivity index (χ4n) is 4.23. The van der Waals surface area contributed by atoms with Crippen LogP contribution in [0.5, 0.6) is 0 Å². The van der Waals surface area contributed by atoms with Crippen molar-refractivity contribution in [3.63, 3.8) is 0 Å². The molecule has 0 N–H and O–H groups in total. The van der Waals surface area contributed by atoms with E-state index < -0.39 is 0 Å². The minimum absolute atomic E-state index is 0.144. The average Bonchev–Trinajstić information content (AvgIpc) is 2.84. The van der Waals surface area contributed by atoms with Gasteiger partial charge in [0.25, 0.3) is 0 Å². The summed E-state index contributed by atoms with van der Waals surface area (Å²) in [5.74, 6) is 1.68. The van der Waals surface area contributed by atoms with Crippen LogP contribution in [0.1, 0.15) is 24.0 Å². The topological polar surface area (TPSA) is 62.3 Å². The Hall–Kier alpha value is 0.584. The molecule has 0 fully saturated rings. The first-order valence-corrected chi connectivity index (χ1v) is 24.6.